The van der Waals surface area contributed by atoms with Crippen LogP contribution in [0.4, 0.5) is 0 Å². The van der Waals surface area contributed by atoms with Gasteiger partial charge in [-0.3, -0.25) is 4.79 Å². The summed E-state index contributed by atoms with van der Waals surface area (Å²) in [5.41, 5.74) is 1.85. The van der Waals surface area contributed by atoms with Crippen LogP contribution >= 0.6 is 0 Å². The molecule has 1 aromatic heterocycles. The molecule has 0 radical (unpaired) electrons. The van der Waals surface area contributed by atoms with Gasteiger partial charge in [0.05, 0.1) is 18.9 Å². The summed E-state index contributed by atoms with van der Waals surface area (Å²) in [7, 11) is 0. The van der Waals surface area contributed by atoms with Crippen molar-refractivity contribution in [3.05, 3.63) is 23.5 Å². The Morgan fingerprint density at radius 1 is 1.55 bits per heavy atom. The topological polar surface area (TPSA) is 31.2 Å². The van der Waals surface area contributed by atoms with E-state index in [9.17, 15) is 4.79 Å². The molecule has 1 aliphatic heterocycles. The Bertz CT molecular complexity index is 278. The molecule has 0 atom stereocenters. The van der Waals surface area contributed by atoms with Crippen molar-refractivity contribution in [1.82, 2.24) is 4.57 Å². The first-order chi connectivity index (χ1) is 5.42. The predicted molar refractivity (Wildman–Crippen MR) is 39.5 cm³/mol. The van der Waals surface area contributed by atoms with E-state index in [0.29, 0.717) is 13.2 Å². The molecule has 0 aromatic carbocycles. The lowest BCUT2D eigenvalue weighted by molar-refractivity contribution is 0.0832. The highest BCUT2D eigenvalue weighted by Crippen LogP contribution is 2.12. The predicted octanol–water partition coefficient (Wildman–Crippen LogP) is 0.831. The molecule has 0 saturated carbocycles. The Morgan fingerprint density at radius 2 is 2.45 bits per heavy atom. The molecular formula is C8H9NO2. The Labute approximate surface area is 64.6 Å². The highest BCUT2D eigenvalue weighted by atomic mass is 16.5. The molecule has 0 fully saturated rings. The standard InChI is InChI=1S/C8H9NO2/c10-5-7-1-2-8-6-11-4-3-9(7)8/h1-2,5H,3-4,6H2. The lowest BCUT2D eigenvalue weighted by Crippen LogP contribution is -2.17. The minimum atomic E-state index is 0.633. The largest absolute Gasteiger partial charge is 0.373 e. The van der Waals surface area contributed by atoms with Crippen LogP contribution in [0.5, 0.6) is 0 Å². The second kappa shape index (κ2) is 2.51. The summed E-state index contributed by atoms with van der Waals surface area (Å²) in [6.07, 6.45) is 0.884. The maximum Gasteiger partial charge on any atom is 0.166 e. The van der Waals surface area contributed by atoms with Crippen molar-refractivity contribution in [2.24, 2.45) is 0 Å². The molecule has 1 aliphatic rings. The lowest BCUT2D eigenvalue weighted by Gasteiger charge is -2.16. The van der Waals surface area contributed by atoms with Gasteiger partial charge in [-0.15, -0.1) is 0 Å². The normalized spacial score (nSPS) is 16.0. The summed E-state index contributed by atoms with van der Waals surface area (Å²) in [5, 5.41) is 0. The fraction of sp³-hybridized carbons (Fsp3) is 0.375. The summed E-state index contributed by atoms with van der Waals surface area (Å²) in [6.45, 7) is 2.15. The maximum atomic E-state index is 10.5. The first-order valence-corrected chi connectivity index (χ1v) is 3.63. The number of carbonyl (C=O) groups excluding carboxylic acids is 1. The van der Waals surface area contributed by atoms with Crippen LogP contribution in [0.2, 0.25) is 0 Å². The number of nitrogens with zero attached hydrogens (tertiary/aromatic N) is 1. The van der Waals surface area contributed by atoms with Gasteiger partial charge >= 0.3 is 0 Å². The van der Waals surface area contributed by atoms with Crippen LogP contribution < -0.4 is 0 Å². The smallest absolute Gasteiger partial charge is 0.166 e. The molecule has 0 aliphatic carbocycles. The van der Waals surface area contributed by atoms with Gasteiger partial charge in [0.15, 0.2) is 6.29 Å². The highest BCUT2D eigenvalue weighted by molar-refractivity contribution is 5.72. The third-order valence-corrected chi connectivity index (χ3v) is 1.93. The molecule has 0 spiro atoms. The number of hydrogen-bond acceptors (Lipinski definition) is 2. The molecule has 11 heavy (non-hydrogen) atoms. The molecule has 3 heteroatoms. The fourth-order valence-corrected chi connectivity index (χ4v) is 1.36. The van der Waals surface area contributed by atoms with Crippen LogP contribution in [0.15, 0.2) is 12.1 Å². The average Bonchev–Trinajstić information content (AvgIpc) is 2.47. The second-order valence-electron chi connectivity index (χ2n) is 2.57. The van der Waals surface area contributed by atoms with Crippen LogP contribution in [0, 0.1) is 0 Å². The number of hydrogen-bond donors (Lipinski definition) is 0. The number of fused-ring (bicyclic) bond motifs is 1. The van der Waals surface area contributed by atoms with Crippen molar-refractivity contribution >= 4 is 6.29 Å². The summed E-state index contributed by atoms with van der Waals surface area (Å²) >= 11 is 0. The zero-order chi connectivity index (χ0) is 7.68. The van der Waals surface area contributed by atoms with Crippen LogP contribution in [-0.2, 0) is 17.9 Å². The first kappa shape index (κ1) is 6.61. The van der Waals surface area contributed by atoms with E-state index in [1.807, 2.05) is 16.7 Å². The van der Waals surface area contributed by atoms with Crippen molar-refractivity contribution in [3.63, 3.8) is 0 Å². The average molecular weight is 151 g/mol. The quantitative estimate of drug-likeness (QED) is 0.557. The van der Waals surface area contributed by atoms with Gasteiger partial charge in [-0.1, -0.05) is 0 Å². The van der Waals surface area contributed by atoms with Gasteiger partial charge < -0.3 is 9.30 Å². The van der Waals surface area contributed by atoms with Crippen molar-refractivity contribution in [3.8, 4) is 0 Å². The third-order valence-electron chi connectivity index (χ3n) is 1.93. The van der Waals surface area contributed by atoms with Crippen molar-refractivity contribution in [2.45, 2.75) is 13.2 Å². The Kier molecular flexibility index (Phi) is 1.51. The van der Waals surface area contributed by atoms with E-state index in [-0.39, 0.29) is 0 Å². The van der Waals surface area contributed by atoms with Gasteiger partial charge in [0.1, 0.15) is 0 Å². The minimum absolute atomic E-state index is 0.633. The number of aromatic nitrogens is 1. The number of rotatable bonds is 1. The van der Waals surface area contributed by atoms with E-state index in [2.05, 4.69) is 0 Å². The zero-order valence-electron chi connectivity index (χ0n) is 6.12. The summed E-state index contributed by atoms with van der Waals surface area (Å²) in [6, 6.07) is 3.76. The molecule has 0 N–H and O–H groups in total. The van der Waals surface area contributed by atoms with E-state index in [4.69, 9.17) is 4.74 Å². The van der Waals surface area contributed by atoms with Gasteiger partial charge in [0, 0.05) is 12.2 Å². The van der Waals surface area contributed by atoms with Crippen LogP contribution in [-0.4, -0.2) is 17.5 Å². The SMILES string of the molecule is O=Cc1ccc2n1CCOC2. The molecule has 0 amide bonds. The highest BCUT2D eigenvalue weighted by Gasteiger charge is 2.11. The molecule has 3 nitrogen and oxygen atoms in total. The zero-order valence-corrected chi connectivity index (χ0v) is 6.12. The van der Waals surface area contributed by atoms with E-state index in [1.54, 1.807) is 0 Å². The van der Waals surface area contributed by atoms with Gasteiger partial charge in [0.25, 0.3) is 0 Å². The molecular weight excluding hydrogens is 142 g/mol. The maximum absolute atomic E-state index is 10.5. The van der Waals surface area contributed by atoms with Crippen LogP contribution in [0.3, 0.4) is 0 Å². The number of ether oxygens (including phenoxy) is 1. The van der Waals surface area contributed by atoms with Crippen molar-refractivity contribution in [2.75, 3.05) is 6.61 Å². The summed E-state index contributed by atoms with van der Waals surface area (Å²) < 4.78 is 7.21. The Hall–Kier alpha value is -1.09. The first-order valence-electron chi connectivity index (χ1n) is 3.63. The molecule has 2 heterocycles. The van der Waals surface area contributed by atoms with E-state index < -0.39 is 0 Å². The van der Waals surface area contributed by atoms with E-state index >= 15 is 0 Å². The van der Waals surface area contributed by atoms with Crippen molar-refractivity contribution in [1.29, 1.82) is 0 Å². The molecule has 0 saturated heterocycles. The summed E-state index contributed by atoms with van der Waals surface area (Å²) in [5.74, 6) is 0. The lowest BCUT2D eigenvalue weighted by atomic mass is 10.4. The van der Waals surface area contributed by atoms with Gasteiger partial charge in [-0.2, -0.15) is 0 Å². The fourth-order valence-electron chi connectivity index (χ4n) is 1.36. The number of carbonyl (C=O) groups is 1. The number of aldehydes is 1. The monoisotopic (exact) mass is 151 g/mol. The van der Waals surface area contributed by atoms with Crippen LogP contribution in [0.25, 0.3) is 0 Å². The molecule has 58 valence electrons. The minimum Gasteiger partial charge on any atom is -0.373 e. The van der Waals surface area contributed by atoms with E-state index in [1.165, 1.54) is 0 Å². The van der Waals surface area contributed by atoms with Gasteiger partial charge in [0.2, 0.25) is 0 Å². The third kappa shape index (κ3) is 0.973. The Balaban J connectivity index is 2.45. The van der Waals surface area contributed by atoms with Crippen LogP contribution in [0.1, 0.15) is 16.2 Å². The molecule has 0 unspecified atom stereocenters. The Morgan fingerprint density at radius 3 is 3.27 bits per heavy atom. The second-order valence-corrected chi connectivity index (χ2v) is 2.57. The van der Waals surface area contributed by atoms with E-state index in [0.717, 1.165) is 24.2 Å². The molecule has 2 rings (SSSR count). The van der Waals surface area contributed by atoms with Gasteiger partial charge in [-0.05, 0) is 12.1 Å². The summed E-state index contributed by atoms with van der Waals surface area (Å²) in [4.78, 5) is 10.5. The van der Waals surface area contributed by atoms with Gasteiger partial charge in [-0.25, -0.2) is 0 Å². The molecule has 0 bridgehead atoms. The molecule has 1 aromatic rings. The van der Waals surface area contributed by atoms with Crippen molar-refractivity contribution < 1.29 is 9.53 Å².